The average molecular weight is 158 g/mol. The van der Waals surface area contributed by atoms with Gasteiger partial charge in [0.05, 0.1) is 0 Å². The van der Waals surface area contributed by atoms with Gasteiger partial charge in [0.2, 0.25) is 0 Å². The van der Waals surface area contributed by atoms with E-state index in [0.29, 0.717) is 6.67 Å². The van der Waals surface area contributed by atoms with Gasteiger partial charge in [-0.2, -0.15) is 0 Å². The van der Waals surface area contributed by atoms with E-state index in [-0.39, 0.29) is 0 Å². The summed E-state index contributed by atoms with van der Waals surface area (Å²) in [6.45, 7) is 0.638. The van der Waals surface area contributed by atoms with E-state index in [2.05, 4.69) is 15.0 Å². The van der Waals surface area contributed by atoms with Crippen LogP contribution in [0.2, 0.25) is 0 Å². The Labute approximate surface area is 68.3 Å². The number of rotatable bonds is 0. The smallest absolute Gasteiger partial charge is 0.161 e. The van der Waals surface area contributed by atoms with Crippen LogP contribution in [0.15, 0.2) is 16.2 Å². The van der Waals surface area contributed by atoms with E-state index in [4.69, 9.17) is 0 Å². The molecule has 0 aromatic carbocycles. The third-order valence-electron chi connectivity index (χ3n) is 1.98. The molecule has 3 heterocycles. The fourth-order valence-electron chi connectivity index (χ4n) is 1.42. The Kier molecular flexibility index (Phi) is 0.935. The summed E-state index contributed by atoms with van der Waals surface area (Å²) in [6, 6.07) is 0. The second kappa shape index (κ2) is 1.91. The lowest BCUT2D eigenvalue weighted by Crippen LogP contribution is -2.29. The van der Waals surface area contributed by atoms with E-state index >= 15 is 0 Å². The molecular weight excluding hydrogens is 152 g/mol. The molecule has 4 heteroatoms. The highest BCUT2D eigenvalue weighted by atomic mass is 15.2. The average Bonchev–Trinajstić information content (AvgIpc) is 2.62. The fraction of sp³-hybridized carbons (Fsp3) is 0.125. The van der Waals surface area contributed by atoms with Gasteiger partial charge in [-0.1, -0.05) is 0 Å². The zero-order chi connectivity index (χ0) is 7.97. The molecule has 0 radical (unpaired) electrons. The van der Waals surface area contributed by atoms with Gasteiger partial charge in [0.25, 0.3) is 0 Å². The Morgan fingerprint density at radius 1 is 1.42 bits per heavy atom. The van der Waals surface area contributed by atoms with Crippen LogP contribution in [0.25, 0.3) is 12.2 Å². The molecular formula is C8H6N4. The van der Waals surface area contributed by atoms with Crippen molar-refractivity contribution in [3.63, 3.8) is 0 Å². The number of nitrogens with zero attached hydrogens (tertiary/aromatic N) is 4. The molecule has 0 unspecified atom stereocenters. The molecule has 2 aliphatic rings. The SMILES string of the molecule is C1=Cc2nc3n(c2=N1)CN=CC=3. The van der Waals surface area contributed by atoms with E-state index in [0.717, 1.165) is 16.7 Å². The van der Waals surface area contributed by atoms with Crippen LogP contribution in [0.1, 0.15) is 5.69 Å². The molecule has 0 atom stereocenters. The minimum atomic E-state index is 0.638. The van der Waals surface area contributed by atoms with Crippen molar-refractivity contribution in [3.8, 4) is 0 Å². The molecule has 0 amide bonds. The monoisotopic (exact) mass is 158 g/mol. The third-order valence-corrected chi connectivity index (χ3v) is 1.98. The van der Waals surface area contributed by atoms with Crippen molar-refractivity contribution in [1.29, 1.82) is 0 Å². The van der Waals surface area contributed by atoms with Crippen LogP contribution in [0.4, 0.5) is 0 Å². The van der Waals surface area contributed by atoms with Crippen LogP contribution in [0.3, 0.4) is 0 Å². The van der Waals surface area contributed by atoms with Crippen LogP contribution in [-0.4, -0.2) is 15.8 Å². The van der Waals surface area contributed by atoms with Gasteiger partial charge in [0, 0.05) is 12.4 Å². The molecule has 0 spiro atoms. The molecule has 0 saturated heterocycles. The first kappa shape index (κ1) is 5.88. The standard InChI is InChI=1S/C8H6N4/c1-4-10-8-6(1)11-7-2-3-9-5-12(7)8/h1-4H,5H2. The first-order valence-corrected chi connectivity index (χ1v) is 3.76. The third kappa shape index (κ3) is 0.592. The van der Waals surface area contributed by atoms with Crippen molar-refractivity contribution < 1.29 is 0 Å². The maximum atomic E-state index is 4.37. The molecule has 2 aliphatic heterocycles. The molecule has 0 aliphatic carbocycles. The van der Waals surface area contributed by atoms with Gasteiger partial charge < -0.3 is 0 Å². The fourth-order valence-corrected chi connectivity index (χ4v) is 1.42. The Balaban J connectivity index is 2.48. The lowest BCUT2D eigenvalue weighted by atomic mass is 10.5. The summed E-state index contributed by atoms with van der Waals surface area (Å²) in [5.41, 5.74) is 2.83. The molecule has 0 N–H and O–H groups in total. The summed E-state index contributed by atoms with van der Waals surface area (Å²) in [5, 5.41) is 0. The van der Waals surface area contributed by atoms with Crippen molar-refractivity contribution >= 4 is 18.4 Å². The predicted molar refractivity (Wildman–Crippen MR) is 45.0 cm³/mol. The van der Waals surface area contributed by atoms with Crippen LogP contribution in [-0.2, 0) is 6.67 Å². The number of aromatic nitrogens is 2. The Bertz CT molecular complexity index is 504. The van der Waals surface area contributed by atoms with E-state index in [1.165, 1.54) is 0 Å². The number of imidazole rings is 1. The van der Waals surface area contributed by atoms with E-state index in [1.807, 2.05) is 16.7 Å². The largest absolute Gasteiger partial charge is 0.289 e. The molecule has 1 aromatic heterocycles. The molecule has 58 valence electrons. The van der Waals surface area contributed by atoms with E-state index in [1.54, 1.807) is 12.4 Å². The molecule has 0 saturated carbocycles. The zero-order valence-corrected chi connectivity index (χ0v) is 6.31. The summed E-state index contributed by atoms with van der Waals surface area (Å²) < 4.78 is 2.00. The first-order valence-electron chi connectivity index (χ1n) is 3.76. The Morgan fingerprint density at radius 3 is 3.42 bits per heavy atom. The van der Waals surface area contributed by atoms with Crippen LogP contribution in [0, 0.1) is 0 Å². The maximum Gasteiger partial charge on any atom is 0.161 e. The van der Waals surface area contributed by atoms with Gasteiger partial charge in [-0.05, 0) is 12.2 Å². The number of hydrogen-bond donors (Lipinski definition) is 0. The number of aliphatic imine (C=N–C) groups is 1. The molecule has 12 heavy (non-hydrogen) atoms. The Hall–Kier alpha value is -1.71. The van der Waals surface area contributed by atoms with Crippen molar-refractivity contribution in [2.45, 2.75) is 6.67 Å². The van der Waals surface area contributed by atoms with Gasteiger partial charge in [0.1, 0.15) is 17.8 Å². The number of hydrogen-bond acceptors (Lipinski definition) is 3. The van der Waals surface area contributed by atoms with Gasteiger partial charge >= 0.3 is 0 Å². The molecule has 0 fully saturated rings. The maximum absolute atomic E-state index is 4.37. The van der Waals surface area contributed by atoms with Crippen LogP contribution < -0.4 is 11.0 Å². The van der Waals surface area contributed by atoms with Gasteiger partial charge in [-0.3, -0.25) is 9.56 Å². The highest BCUT2D eigenvalue weighted by Gasteiger charge is 2.09. The Morgan fingerprint density at radius 2 is 2.42 bits per heavy atom. The predicted octanol–water partition coefficient (Wildman–Crippen LogP) is -0.691. The minimum absolute atomic E-state index is 0.638. The lowest BCUT2D eigenvalue weighted by Gasteiger charge is -1.99. The molecule has 1 aromatic rings. The summed E-state index contributed by atoms with van der Waals surface area (Å²) >= 11 is 0. The van der Waals surface area contributed by atoms with Gasteiger partial charge in [0.15, 0.2) is 5.49 Å². The second-order valence-corrected chi connectivity index (χ2v) is 2.69. The van der Waals surface area contributed by atoms with Crippen molar-refractivity contribution in [2.75, 3.05) is 0 Å². The first-order chi connectivity index (χ1) is 5.95. The highest BCUT2D eigenvalue weighted by Crippen LogP contribution is 1.96. The molecule has 3 rings (SSSR count). The van der Waals surface area contributed by atoms with Crippen LogP contribution in [0.5, 0.6) is 0 Å². The highest BCUT2D eigenvalue weighted by molar-refractivity contribution is 5.90. The summed E-state index contributed by atoms with van der Waals surface area (Å²) in [6.07, 6.45) is 7.35. The van der Waals surface area contributed by atoms with E-state index < -0.39 is 0 Å². The van der Waals surface area contributed by atoms with Crippen molar-refractivity contribution in [2.24, 2.45) is 9.98 Å². The topological polar surface area (TPSA) is 42.5 Å². The summed E-state index contributed by atoms with van der Waals surface area (Å²) in [5.74, 6) is 0. The molecule has 0 bridgehead atoms. The van der Waals surface area contributed by atoms with Crippen molar-refractivity contribution in [1.82, 2.24) is 9.55 Å². The number of fused-ring (bicyclic) bond motifs is 3. The molecule has 4 nitrogen and oxygen atoms in total. The van der Waals surface area contributed by atoms with Crippen molar-refractivity contribution in [3.05, 3.63) is 22.9 Å². The zero-order valence-electron chi connectivity index (χ0n) is 6.31. The summed E-state index contributed by atoms with van der Waals surface area (Å²) in [4.78, 5) is 12.7. The normalized spacial score (nSPS) is 16.7. The lowest BCUT2D eigenvalue weighted by molar-refractivity contribution is 0.675. The van der Waals surface area contributed by atoms with Crippen LogP contribution >= 0.6 is 0 Å². The second-order valence-electron chi connectivity index (χ2n) is 2.69. The summed E-state index contributed by atoms with van der Waals surface area (Å²) in [7, 11) is 0. The van der Waals surface area contributed by atoms with Gasteiger partial charge in [-0.15, -0.1) is 0 Å². The van der Waals surface area contributed by atoms with E-state index in [9.17, 15) is 0 Å². The quantitative estimate of drug-likeness (QED) is 0.492. The minimum Gasteiger partial charge on any atom is -0.289 e. The van der Waals surface area contributed by atoms with Gasteiger partial charge in [-0.25, -0.2) is 9.98 Å².